The van der Waals surface area contributed by atoms with E-state index in [-0.39, 0.29) is 17.1 Å². The van der Waals surface area contributed by atoms with Crippen molar-refractivity contribution in [3.05, 3.63) is 64.1 Å². The lowest BCUT2D eigenvalue weighted by molar-refractivity contribution is 0.104. The van der Waals surface area contributed by atoms with Crippen molar-refractivity contribution in [2.45, 2.75) is 0 Å². The Morgan fingerprint density at radius 1 is 1.20 bits per heavy atom. The Morgan fingerprint density at radius 3 is 2.55 bits per heavy atom. The van der Waals surface area contributed by atoms with Crippen molar-refractivity contribution in [2.24, 2.45) is 0 Å². The summed E-state index contributed by atoms with van der Waals surface area (Å²) in [6, 6.07) is 12.3. The second kappa shape index (κ2) is 6.39. The molecule has 1 N–H and O–H groups in total. The van der Waals surface area contributed by atoms with Crippen LogP contribution >= 0.6 is 15.9 Å². The molecular weight excluding hydrogens is 320 g/mol. The average molecular weight is 333 g/mol. The van der Waals surface area contributed by atoms with Crippen molar-refractivity contribution in [1.82, 2.24) is 0 Å². The smallest absolute Gasteiger partial charge is 0.193 e. The van der Waals surface area contributed by atoms with Gasteiger partial charge in [0.2, 0.25) is 0 Å². The Balaban J connectivity index is 2.26. The molecule has 0 radical (unpaired) electrons. The van der Waals surface area contributed by atoms with Crippen molar-refractivity contribution in [2.75, 3.05) is 7.11 Å². The fourth-order valence-corrected chi connectivity index (χ4v) is 2.03. The second-order valence-electron chi connectivity index (χ2n) is 4.10. The zero-order chi connectivity index (χ0) is 14.5. The number of carbonyl (C=O) groups excluding carboxylic acids is 1. The number of ether oxygens (including phenoxy) is 1. The van der Waals surface area contributed by atoms with Gasteiger partial charge in [-0.3, -0.25) is 4.79 Å². The number of hydrogen-bond acceptors (Lipinski definition) is 3. The van der Waals surface area contributed by atoms with Crippen molar-refractivity contribution in [3.8, 4) is 11.5 Å². The predicted octanol–water partition coefficient (Wildman–Crippen LogP) is 4.06. The van der Waals surface area contributed by atoms with Crippen LogP contribution in [0.3, 0.4) is 0 Å². The highest BCUT2D eigenvalue weighted by Crippen LogP contribution is 2.28. The van der Waals surface area contributed by atoms with Gasteiger partial charge in [-0.25, -0.2) is 0 Å². The highest BCUT2D eigenvalue weighted by molar-refractivity contribution is 9.10. The monoisotopic (exact) mass is 332 g/mol. The van der Waals surface area contributed by atoms with Crippen LogP contribution in [0.2, 0.25) is 0 Å². The Kier molecular flexibility index (Phi) is 4.58. The zero-order valence-corrected chi connectivity index (χ0v) is 12.4. The summed E-state index contributed by atoms with van der Waals surface area (Å²) in [6.45, 7) is 0. The largest absolute Gasteiger partial charge is 0.507 e. The molecule has 0 bridgehead atoms. The van der Waals surface area contributed by atoms with E-state index in [9.17, 15) is 9.90 Å². The highest BCUT2D eigenvalue weighted by Gasteiger charge is 2.14. The molecule has 2 rings (SSSR count). The van der Waals surface area contributed by atoms with E-state index in [4.69, 9.17) is 4.74 Å². The fourth-order valence-electron chi connectivity index (χ4n) is 1.77. The number of ketones is 1. The third-order valence-corrected chi connectivity index (χ3v) is 3.30. The molecule has 0 aliphatic carbocycles. The van der Waals surface area contributed by atoms with Gasteiger partial charge in [-0.15, -0.1) is 0 Å². The van der Waals surface area contributed by atoms with Gasteiger partial charge in [0.1, 0.15) is 17.1 Å². The summed E-state index contributed by atoms with van der Waals surface area (Å²) in [6.07, 6.45) is 3.11. The number of aromatic hydroxyl groups is 1. The normalized spacial score (nSPS) is 10.7. The topological polar surface area (TPSA) is 46.5 Å². The maximum Gasteiger partial charge on any atom is 0.193 e. The molecule has 0 aliphatic heterocycles. The Hall–Kier alpha value is -2.07. The molecular formula is C16H13BrO3. The number of methoxy groups -OCH3 is 1. The van der Waals surface area contributed by atoms with Gasteiger partial charge >= 0.3 is 0 Å². The van der Waals surface area contributed by atoms with Gasteiger partial charge in [0.15, 0.2) is 5.78 Å². The van der Waals surface area contributed by atoms with Crippen molar-refractivity contribution < 1.29 is 14.6 Å². The molecule has 0 fully saturated rings. The highest BCUT2D eigenvalue weighted by atomic mass is 79.9. The van der Waals surface area contributed by atoms with Crippen LogP contribution in [0, 0.1) is 0 Å². The van der Waals surface area contributed by atoms with E-state index in [1.165, 1.54) is 19.3 Å². The lowest BCUT2D eigenvalue weighted by atomic mass is 10.1. The van der Waals surface area contributed by atoms with Crippen molar-refractivity contribution >= 4 is 27.8 Å². The van der Waals surface area contributed by atoms with E-state index in [2.05, 4.69) is 15.9 Å². The first-order chi connectivity index (χ1) is 9.61. The molecule has 0 saturated heterocycles. The van der Waals surface area contributed by atoms with Crippen molar-refractivity contribution in [1.29, 1.82) is 0 Å². The van der Waals surface area contributed by atoms with Crippen LogP contribution in [0.5, 0.6) is 11.5 Å². The van der Waals surface area contributed by atoms with Gasteiger partial charge in [0.05, 0.1) is 7.11 Å². The van der Waals surface area contributed by atoms with Gasteiger partial charge in [-0.2, -0.15) is 0 Å². The molecule has 0 saturated carbocycles. The molecule has 0 atom stereocenters. The first-order valence-electron chi connectivity index (χ1n) is 5.96. The molecule has 20 heavy (non-hydrogen) atoms. The van der Waals surface area contributed by atoms with Crippen molar-refractivity contribution in [3.63, 3.8) is 0 Å². The van der Waals surface area contributed by atoms with Crippen LogP contribution < -0.4 is 4.74 Å². The van der Waals surface area contributed by atoms with E-state index in [0.717, 1.165) is 10.0 Å². The fraction of sp³-hybridized carbons (Fsp3) is 0.0625. The van der Waals surface area contributed by atoms with E-state index in [1.807, 2.05) is 24.3 Å². The van der Waals surface area contributed by atoms with Gasteiger partial charge in [0, 0.05) is 4.47 Å². The van der Waals surface area contributed by atoms with Gasteiger partial charge in [-0.05, 0) is 35.9 Å². The van der Waals surface area contributed by atoms with Crippen LogP contribution in [-0.2, 0) is 0 Å². The summed E-state index contributed by atoms with van der Waals surface area (Å²) in [4.78, 5) is 12.1. The summed E-state index contributed by atoms with van der Waals surface area (Å²) in [5.41, 5.74) is 1.07. The predicted molar refractivity (Wildman–Crippen MR) is 82.2 cm³/mol. The van der Waals surface area contributed by atoms with E-state index < -0.39 is 0 Å². The van der Waals surface area contributed by atoms with Gasteiger partial charge in [0.25, 0.3) is 0 Å². The third-order valence-electron chi connectivity index (χ3n) is 2.77. The first kappa shape index (κ1) is 14.3. The molecule has 0 aromatic heterocycles. The molecule has 102 valence electrons. The molecule has 0 unspecified atom stereocenters. The minimum absolute atomic E-state index is 0.0881. The second-order valence-corrected chi connectivity index (χ2v) is 5.02. The molecule has 0 spiro atoms. The molecule has 0 amide bonds. The molecule has 2 aromatic rings. The standard InChI is InChI=1S/C16H13BrO3/c1-20-15-4-2-3-13(18)16(15)14(19)10-7-11-5-8-12(17)9-6-11/h2-10,18H,1H3. The summed E-state index contributed by atoms with van der Waals surface area (Å²) in [7, 11) is 1.46. The van der Waals surface area contributed by atoms with Crippen LogP contribution in [-0.4, -0.2) is 18.0 Å². The van der Waals surface area contributed by atoms with E-state index in [1.54, 1.807) is 18.2 Å². The number of hydrogen-bond donors (Lipinski definition) is 1. The summed E-state index contributed by atoms with van der Waals surface area (Å²) in [5, 5.41) is 9.79. The lowest BCUT2D eigenvalue weighted by Gasteiger charge is -2.07. The SMILES string of the molecule is COc1cccc(O)c1C(=O)C=Cc1ccc(Br)cc1. The quantitative estimate of drug-likeness (QED) is 0.678. The number of phenolic OH excluding ortho intramolecular Hbond substituents is 1. The van der Waals surface area contributed by atoms with Crippen LogP contribution in [0.1, 0.15) is 15.9 Å². The first-order valence-corrected chi connectivity index (χ1v) is 6.75. The number of allylic oxidation sites excluding steroid dienone is 1. The summed E-state index contributed by atoms with van der Waals surface area (Å²) in [5.74, 6) is -0.0341. The molecule has 3 nitrogen and oxygen atoms in total. The molecule has 0 aliphatic rings. The van der Waals surface area contributed by atoms with E-state index >= 15 is 0 Å². The maximum absolute atomic E-state index is 12.1. The summed E-state index contributed by atoms with van der Waals surface area (Å²) < 4.78 is 6.07. The third kappa shape index (κ3) is 3.27. The van der Waals surface area contributed by atoms with Gasteiger partial charge in [-0.1, -0.05) is 40.2 Å². The molecule has 2 aromatic carbocycles. The number of phenols is 1. The van der Waals surface area contributed by atoms with E-state index in [0.29, 0.717) is 5.75 Å². The molecule has 4 heteroatoms. The average Bonchev–Trinajstić information content (AvgIpc) is 2.46. The number of benzene rings is 2. The number of halogens is 1. The zero-order valence-electron chi connectivity index (χ0n) is 10.8. The minimum atomic E-state index is -0.303. The Labute approximate surface area is 125 Å². The lowest BCUT2D eigenvalue weighted by Crippen LogP contribution is -1.99. The van der Waals surface area contributed by atoms with Crippen LogP contribution in [0.15, 0.2) is 53.0 Å². The van der Waals surface area contributed by atoms with Crippen LogP contribution in [0.4, 0.5) is 0 Å². The molecule has 0 heterocycles. The van der Waals surface area contributed by atoms with Crippen LogP contribution in [0.25, 0.3) is 6.08 Å². The number of rotatable bonds is 4. The minimum Gasteiger partial charge on any atom is -0.507 e. The Morgan fingerprint density at radius 2 is 1.90 bits per heavy atom. The van der Waals surface area contributed by atoms with Gasteiger partial charge < -0.3 is 9.84 Å². The maximum atomic E-state index is 12.1. The Bertz CT molecular complexity index is 645. The number of carbonyl (C=O) groups is 1. The summed E-state index contributed by atoms with van der Waals surface area (Å²) >= 11 is 3.35.